The first kappa shape index (κ1) is 20.7. The Hall–Kier alpha value is -1.64. The quantitative estimate of drug-likeness (QED) is 0.640. The summed E-state index contributed by atoms with van der Waals surface area (Å²) in [5.74, 6) is -0.100. The molecular weight excluding hydrogens is 352 g/mol. The number of rotatable bonds is 8. The largest absolute Gasteiger partial charge is 0.384 e. The van der Waals surface area contributed by atoms with Gasteiger partial charge in [0.25, 0.3) is 0 Å². The van der Waals surface area contributed by atoms with Crippen molar-refractivity contribution >= 4 is 27.3 Å². The highest BCUT2D eigenvalue weighted by Gasteiger charge is 2.25. The second kappa shape index (κ2) is 9.34. The highest BCUT2D eigenvalue weighted by atomic mass is 32.2. The molecule has 7 nitrogen and oxygen atoms in total. The van der Waals surface area contributed by atoms with Crippen molar-refractivity contribution in [1.82, 2.24) is 9.62 Å². The number of sulfonamides is 1. The SMILES string of the molecule is CCNc1ccc(S(=O)(=O)N(CC)CC)cc1NC(=O)C1CCNCC1. The number of carbonyl (C=O) groups excluding carboxylic acids is 1. The highest BCUT2D eigenvalue weighted by molar-refractivity contribution is 7.89. The van der Waals surface area contributed by atoms with Gasteiger partial charge in [-0.15, -0.1) is 0 Å². The fourth-order valence-electron chi connectivity index (χ4n) is 3.16. The second-order valence-corrected chi connectivity index (χ2v) is 8.28. The Balaban J connectivity index is 2.31. The minimum atomic E-state index is -3.57. The molecule has 1 aliphatic heterocycles. The first-order chi connectivity index (χ1) is 12.4. The van der Waals surface area contributed by atoms with Crippen molar-refractivity contribution in [2.75, 3.05) is 43.4 Å². The molecule has 0 saturated carbocycles. The van der Waals surface area contributed by atoms with E-state index in [4.69, 9.17) is 0 Å². The molecule has 26 heavy (non-hydrogen) atoms. The van der Waals surface area contributed by atoms with Crippen LogP contribution in [-0.4, -0.2) is 51.4 Å². The molecule has 1 amide bonds. The van der Waals surface area contributed by atoms with E-state index >= 15 is 0 Å². The lowest BCUT2D eigenvalue weighted by molar-refractivity contribution is -0.120. The number of nitrogens with one attached hydrogen (secondary N) is 3. The highest BCUT2D eigenvalue weighted by Crippen LogP contribution is 2.28. The number of nitrogens with zero attached hydrogens (tertiary/aromatic N) is 1. The summed E-state index contributed by atoms with van der Waals surface area (Å²) in [4.78, 5) is 12.8. The summed E-state index contributed by atoms with van der Waals surface area (Å²) in [5.41, 5.74) is 1.25. The summed E-state index contributed by atoms with van der Waals surface area (Å²) in [6, 6.07) is 4.87. The molecule has 1 fully saturated rings. The van der Waals surface area contributed by atoms with E-state index in [1.807, 2.05) is 20.8 Å². The maximum atomic E-state index is 12.8. The van der Waals surface area contributed by atoms with E-state index in [2.05, 4.69) is 16.0 Å². The molecule has 0 atom stereocenters. The van der Waals surface area contributed by atoms with Gasteiger partial charge in [-0.1, -0.05) is 13.8 Å². The van der Waals surface area contributed by atoms with Gasteiger partial charge in [0, 0.05) is 25.6 Å². The summed E-state index contributed by atoms with van der Waals surface area (Å²) in [6.07, 6.45) is 1.58. The molecule has 2 rings (SSSR count). The predicted octanol–water partition coefficient (Wildman–Crippen LogP) is 2.09. The number of anilines is 2. The lowest BCUT2D eigenvalue weighted by atomic mass is 9.97. The van der Waals surface area contributed by atoms with Crippen LogP contribution < -0.4 is 16.0 Å². The lowest BCUT2D eigenvalue weighted by Gasteiger charge is -2.23. The fraction of sp³-hybridized carbons (Fsp3) is 0.611. The molecule has 146 valence electrons. The Bertz CT molecular complexity index is 711. The number of piperidine rings is 1. The molecule has 1 aromatic rings. The number of carbonyl (C=O) groups is 1. The molecule has 0 unspecified atom stereocenters. The summed E-state index contributed by atoms with van der Waals surface area (Å²) in [6.45, 7) is 8.73. The van der Waals surface area contributed by atoms with Gasteiger partial charge in [-0.05, 0) is 51.1 Å². The molecule has 8 heteroatoms. The zero-order valence-electron chi connectivity index (χ0n) is 15.8. The Morgan fingerprint density at radius 2 is 1.81 bits per heavy atom. The second-order valence-electron chi connectivity index (χ2n) is 6.34. The van der Waals surface area contributed by atoms with E-state index in [-0.39, 0.29) is 16.7 Å². The third-order valence-electron chi connectivity index (χ3n) is 4.67. The summed E-state index contributed by atoms with van der Waals surface area (Å²) >= 11 is 0. The third-order valence-corrected chi connectivity index (χ3v) is 6.72. The fourth-order valence-corrected chi connectivity index (χ4v) is 4.65. The van der Waals surface area contributed by atoms with Gasteiger partial charge in [0.15, 0.2) is 0 Å². The van der Waals surface area contributed by atoms with Gasteiger partial charge in [0.2, 0.25) is 15.9 Å². The van der Waals surface area contributed by atoms with E-state index in [1.54, 1.807) is 18.2 Å². The minimum Gasteiger partial charge on any atom is -0.384 e. The van der Waals surface area contributed by atoms with Crippen molar-refractivity contribution in [2.24, 2.45) is 5.92 Å². The molecule has 1 aromatic carbocycles. The van der Waals surface area contributed by atoms with Crippen LogP contribution in [0.5, 0.6) is 0 Å². The first-order valence-electron chi connectivity index (χ1n) is 9.33. The Kier molecular flexibility index (Phi) is 7.43. The standard InChI is InChI=1S/C18H30N4O3S/c1-4-20-16-8-7-15(26(24,25)22(5-2)6-3)13-17(16)21-18(23)14-9-11-19-12-10-14/h7-8,13-14,19-20H,4-6,9-12H2,1-3H3,(H,21,23). The van der Waals surface area contributed by atoms with Crippen molar-refractivity contribution in [2.45, 2.75) is 38.5 Å². The van der Waals surface area contributed by atoms with Gasteiger partial charge < -0.3 is 16.0 Å². The molecule has 0 aliphatic carbocycles. The average molecular weight is 383 g/mol. The van der Waals surface area contributed by atoms with Crippen LogP contribution in [0.1, 0.15) is 33.6 Å². The third kappa shape index (κ3) is 4.75. The number of hydrogen-bond donors (Lipinski definition) is 3. The van der Waals surface area contributed by atoms with E-state index in [0.717, 1.165) is 31.6 Å². The van der Waals surface area contributed by atoms with Crippen LogP contribution in [0.4, 0.5) is 11.4 Å². The number of amides is 1. The predicted molar refractivity (Wildman–Crippen MR) is 105 cm³/mol. The Morgan fingerprint density at radius 3 is 2.38 bits per heavy atom. The van der Waals surface area contributed by atoms with Crippen LogP contribution in [0.15, 0.2) is 23.1 Å². The normalized spacial score (nSPS) is 15.8. The number of hydrogen-bond acceptors (Lipinski definition) is 5. The van der Waals surface area contributed by atoms with Gasteiger partial charge >= 0.3 is 0 Å². The molecule has 1 saturated heterocycles. The molecule has 3 N–H and O–H groups in total. The maximum absolute atomic E-state index is 12.8. The smallest absolute Gasteiger partial charge is 0.243 e. The zero-order valence-corrected chi connectivity index (χ0v) is 16.7. The van der Waals surface area contributed by atoms with Crippen molar-refractivity contribution < 1.29 is 13.2 Å². The molecule has 1 aliphatic rings. The van der Waals surface area contributed by atoms with Crippen molar-refractivity contribution in [3.8, 4) is 0 Å². The van der Waals surface area contributed by atoms with Crippen LogP contribution in [0.2, 0.25) is 0 Å². The van der Waals surface area contributed by atoms with Crippen molar-refractivity contribution in [3.05, 3.63) is 18.2 Å². The average Bonchev–Trinajstić information content (AvgIpc) is 2.64. The van der Waals surface area contributed by atoms with E-state index in [1.165, 1.54) is 4.31 Å². The maximum Gasteiger partial charge on any atom is 0.243 e. The molecule has 0 radical (unpaired) electrons. The van der Waals surface area contributed by atoms with Gasteiger partial charge in [-0.2, -0.15) is 4.31 Å². The molecule has 0 aromatic heterocycles. The first-order valence-corrected chi connectivity index (χ1v) is 10.8. The lowest BCUT2D eigenvalue weighted by Crippen LogP contribution is -2.35. The van der Waals surface area contributed by atoms with E-state index in [9.17, 15) is 13.2 Å². The van der Waals surface area contributed by atoms with Crippen LogP contribution in [0.3, 0.4) is 0 Å². The van der Waals surface area contributed by atoms with Gasteiger partial charge in [0.1, 0.15) is 0 Å². The van der Waals surface area contributed by atoms with Crippen molar-refractivity contribution in [1.29, 1.82) is 0 Å². The molecule has 0 bridgehead atoms. The van der Waals surface area contributed by atoms with E-state index in [0.29, 0.717) is 25.3 Å². The Labute approximate surface area is 156 Å². The van der Waals surface area contributed by atoms with Crippen LogP contribution in [0, 0.1) is 5.92 Å². The number of benzene rings is 1. The van der Waals surface area contributed by atoms with Crippen LogP contribution in [-0.2, 0) is 14.8 Å². The van der Waals surface area contributed by atoms with Gasteiger partial charge in [-0.3, -0.25) is 4.79 Å². The van der Waals surface area contributed by atoms with Crippen LogP contribution >= 0.6 is 0 Å². The monoisotopic (exact) mass is 382 g/mol. The summed E-state index contributed by atoms with van der Waals surface area (Å²) < 4.78 is 27.0. The molecule has 1 heterocycles. The van der Waals surface area contributed by atoms with Gasteiger partial charge in [0.05, 0.1) is 16.3 Å². The van der Waals surface area contributed by atoms with Gasteiger partial charge in [-0.25, -0.2) is 8.42 Å². The summed E-state index contributed by atoms with van der Waals surface area (Å²) in [5, 5.41) is 9.37. The minimum absolute atomic E-state index is 0.0474. The van der Waals surface area contributed by atoms with E-state index < -0.39 is 10.0 Å². The molecular formula is C18H30N4O3S. The molecule has 0 spiro atoms. The zero-order chi connectivity index (χ0) is 19.2. The van der Waals surface area contributed by atoms with Crippen molar-refractivity contribution in [3.63, 3.8) is 0 Å². The van der Waals surface area contributed by atoms with Crippen LogP contribution in [0.25, 0.3) is 0 Å². The topological polar surface area (TPSA) is 90.5 Å². The Morgan fingerprint density at radius 1 is 1.15 bits per heavy atom. The summed E-state index contributed by atoms with van der Waals surface area (Å²) in [7, 11) is -3.57.